The minimum atomic E-state index is -0.246. The highest BCUT2D eigenvalue weighted by atomic mass is 16.3. The first-order valence-corrected chi connectivity index (χ1v) is 9.38. The Morgan fingerprint density at radius 3 is 2.14 bits per heavy atom. The molecule has 0 saturated heterocycles. The molecule has 0 amide bonds. The van der Waals surface area contributed by atoms with Gasteiger partial charge in [0.25, 0.3) is 0 Å². The van der Waals surface area contributed by atoms with Crippen molar-refractivity contribution in [3.63, 3.8) is 0 Å². The lowest BCUT2D eigenvalue weighted by atomic mass is 9.99. The number of hydrogen-bond acceptors (Lipinski definition) is 4. The maximum Gasteiger partial charge on any atom is 0.245 e. The Morgan fingerprint density at radius 2 is 1.55 bits per heavy atom. The largest absolute Gasteiger partial charge is 0.437 e. The van der Waals surface area contributed by atoms with Crippen LogP contribution in [0.15, 0.2) is 58.5 Å². The molecule has 5 nitrogen and oxygen atoms in total. The number of Topliss-reactive ketones (excluding diaryl/α,β-unsaturated/α-hetero) is 2. The molecule has 4 aromatic rings. The molecule has 0 bridgehead atoms. The summed E-state index contributed by atoms with van der Waals surface area (Å²) in [7, 11) is 1.92. The van der Waals surface area contributed by atoms with Crippen LogP contribution in [0.2, 0.25) is 0 Å². The third kappa shape index (κ3) is 2.51. The molecule has 0 saturated carbocycles. The van der Waals surface area contributed by atoms with Crippen molar-refractivity contribution < 1.29 is 14.0 Å². The van der Waals surface area contributed by atoms with E-state index in [-0.39, 0.29) is 17.1 Å². The zero-order valence-corrected chi connectivity index (χ0v) is 16.3. The predicted octanol–water partition coefficient (Wildman–Crippen LogP) is 4.91. The van der Waals surface area contributed by atoms with Gasteiger partial charge in [-0.15, -0.1) is 0 Å². The Hall–Kier alpha value is -3.73. The van der Waals surface area contributed by atoms with Gasteiger partial charge in [0, 0.05) is 29.8 Å². The van der Waals surface area contributed by atoms with E-state index in [2.05, 4.69) is 4.98 Å². The minimum Gasteiger partial charge on any atom is -0.437 e. The van der Waals surface area contributed by atoms with E-state index in [9.17, 15) is 9.59 Å². The molecule has 0 N–H and O–H groups in total. The molecule has 2 aromatic carbocycles. The first-order valence-electron chi connectivity index (χ1n) is 9.38. The van der Waals surface area contributed by atoms with Crippen LogP contribution in [0.25, 0.3) is 28.7 Å². The molecule has 0 spiro atoms. The number of fused-ring (bicyclic) bond motifs is 2. The highest BCUT2D eigenvalue weighted by Gasteiger charge is 2.36. The summed E-state index contributed by atoms with van der Waals surface area (Å²) in [5.41, 5.74) is 5.03. The van der Waals surface area contributed by atoms with Gasteiger partial charge >= 0.3 is 0 Å². The summed E-state index contributed by atoms with van der Waals surface area (Å²) in [6.45, 7) is 3.70. The zero-order valence-electron chi connectivity index (χ0n) is 16.3. The van der Waals surface area contributed by atoms with E-state index in [0.717, 1.165) is 28.0 Å². The first-order chi connectivity index (χ1) is 14.0. The normalized spacial score (nSPS) is 13.4. The van der Waals surface area contributed by atoms with Crippen molar-refractivity contribution in [2.24, 2.45) is 7.05 Å². The molecular weight excluding hydrogens is 364 g/mol. The van der Waals surface area contributed by atoms with Gasteiger partial charge in [-0.25, -0.2) is 0 Å². The maximum atomic E-state index is 12.9. The maximum absolute atomic E-state index is 12.9. The predicted molar refractivity (Wildman–Crippen MR) is 111 cm³/mol. The molecule has 2 aromatic heterocycles. The smallest absolute Gasteiger partial charge is 0.245 e. The lowest BCUT2D eigenvalue weighted by Crippen LogP contribution is -2.00. The number of nitrogens with zero attached hydrogens (tertiary/aromatic N) is 2. The molecule has 0 aliphatic heterocycles. The Labute approximate surface area is 167 Å². The Bertz CT molecular complexity index is 1310. The molecule has 142 valence electrons. The average molecular weight is 382 g/mol. The van der Waals surface area contributed by atoms with Crippen LogP contribution in [-0.4, -0.2) is 21.1 Å². The van der Waals surface area contributed by atoms with E-state index >= 15 is 0 Å². The number of allylic oxidation sites excluding steroid dienone is 1. The van der Waals surface area contributed by atoms with E-state index in [0.29, 0.717) is 22.6 Å². The zero-order chi connectivity index (χ0) is 20.3. The minimum absolute atomic E-state index is 0.139. The van der Waals surface area contributed by atoms with Crippen molar-refractivity contribution in [2.45, 2.75) is 13.8 Å². The van der Waals surface area contributed by atoms with Gasteiger partial charge in [0.2, 0.25) is 5.71 Å². The van der Waals surface area contributed by atoms with E-state index in [1.54, 1.807) is 0 Å². The van der Waals surface area contributed by atoms with Crippen LogP contribution in [0.5, 0.6) is 0 Å². The number of carbonyl (C=O) groups excluding carboxylic acids is 2. The second kappa shape index (κ2) is 6.14. The van der Waals surface area contributed by atoms with E-state index < -0.39 is 0 Å². The van der Waals surface area contributed by atoms with E-state index in [4.69, 9.17) is 4.42 Å². The summed E-state index contributed by atoms with van der Waals surface area (Å²) in [6, 6.07) is 15.4. The number of carbonyl (C=O) groups is 2. The van der Waals surface area contributed by atoms with Gasteiger partial charge in [0.15, 0.2) is 11.6 Å². The van der Waals surface area contributed by atoms with Crippen LogP contribution in [0.3, 0.4) is 0 Å². The van der Waals surface area contributed by atoms with Crippen molar-refractivity contribution in [3.8, 4) is 11.4 Å². The monoisotopic (exact) mass is 382 g/mol. The summed E-state index contributed by atoms with van der Waals surface area (Å²) in [5.74, 6) is 0.747. The van der Waals surface area contributed by atoms with Crippen LogP contribution in [0, 0.1) is 13.8 Å². The molecule has 0 fully saturated rings. The number of furan rings is 1. The van der Waals surface area contributed by atoms with Crippen LogP contribution in [0.1, 0.15) is 37.6 Å². The van der Waals surface area contributed by atoms with E-state index in [1.807, 2.05) is 74.0 Å². The van der Waals surface area contributed by atoms with E-state index in [1.165, 1.54) is 6.08 Å². The van der Waals surface area contributed by atoms with Crippen molar-refractivity contribution >= 4 is 28.9 Å². The number of aromatic nitrogens is 2. The highest BCUT2D eigenvalue weighted by Crippen LogP contribution is 2.33. The standard InChI is InChI=1S/C24H18N2O3/c1-13-9-10-14(2)20-19(13)21(27)17(22(20)28)11-16-12-18-24(29-16)25-23(26(18)3)15-7-5-4-6-8-15/h4-12H,1-3H3. The number of imidazole rings is 1. The van der Waals surface area contributed by atoms with Gasteiger partial charge in [-0.2, -0.15) is 4.98 Å². The average Bonchev–Trinajstić information content (AvgIpc) is 3.33. The van der Waals surface area contributed by atoms with Crippen LogP contribution in [0.4, 0.5) is 0 Å². The second-order valence-electron chi connectivity index (χ2n) is 7.37. The van der Waals surface area contributed by atoms with Gasteiger partial charge in [-0.3, -0.25) is 9.59 Å². The summed E-state index contributed by atoms with van der Waals surface area (Å²) >= 11 is 0. The fourth-order valence-electron chi connectivity index (χ4n) is 3.95. The van der Waals surface area contributed by atoms with Gasteiger partial charge in [0.1, 0.15) is 17.1 Å². The van der Waals surface area contributed by atoms with Crippen LogP contribution >= 0.6 is 0 Å². The van der Waals surface area contributed by atoms with Gasteiger partial charge in [-0.05, 0) is 31.1 Å². The lowest BCUT2D eigenvalue weighted by Gasteiger charge is -2.03. The molecule has 1 aliphatic rings. The third-order valence-electron chi connectivity index (χ3n) is 5.48. The molecule has 5 rings (SSSR count). The Balaban J connectivity index is 1.58. The van der Waals surface area contributed by atoms with Crippen molar-refractivity contribution in [1.29, 1.82) is 0 Å². The number of aryl methyl sites for hydroxylation is 3. The van der Waals surface area contributed by atoms with Crippen molar-refractivity contribution in [3.05, 3.63) is 82.1 Å². The molecule has 2 heterocycles. The SMILES string of the molecule is Cc1ccc(C)c2c1C(=O)C(=Cc1cc3c(nc(-c4ccccc4)n3C)o1)C2=O. The van der Waals surface area contributed by atoms with Gasteiger partial charge in [0.05, 0.1) is 5.57 Å². The second-order valence-corrected chi connectivity index (χ2v) is 7.37. The Morgan fingerprint density at radius 1 is 0.931 bits per heavy atom. The van der Waals surface area contributed by atoms with Crippen LogP contribution < -0.4 is 0 Å². The molecule has 0 atom stereocenters. The van der Waals surface area contributed by atoms with Gasteiger partial charge in [-0.1, -0.05) is 42.5 Å². The number of ketones is 2. The number of benzene rings is 2. The Kier molecular flexibility index (Phi) is 3.68. The first kappa shape index (κ1) is 17.4. The molecule has 1 aliphatic carbocycles. The molecule has 0 unspecified atom stereocenters. The topological polar surface area (TPSA) is 65.1 Å². The highest BCUT2D eigenvalue weighted by molar-refractivity contribution is 6.42. The molecule has 29 heavy (non-hydrogen) atoms. The lowest BCUT2D eigenvalue weighted by molar-refractivity contribution is 0.0990. The van der Waals surface area contributed by atoms with Crippen molar-refractivity contribution in [1.82, 2.24) is 9.55 Å². The van der Waals surface area contributed by atoms with Crippen molar-refractivity contribution in [2.75, 3.05) is 0 Å². The van der Waals surface area contributed by atoms with Gasteiger partial charge < -0.3 is 8.98 Å². The number of rotatable bonds is 2. The fourth-order valence-corrected chi connectivity index (χ4v) is 3.95. The summed E-state index contributed by atoms with van der Waals surface area (Å²) in [5, 5.41) is 0. The summed E-state index contributed by atoms with van der Waals surface area (Å²) < 4.78 is 7.80. The fraction of sp³-hybridized carbons (Fsp3) is 0.125. The summed E-state index contributed by atoms with van der Waals surface area (Å²) in [4.78, 5) is 30.4. The summed E-state index contributed by atoms with van der Waals surface area (Å²) in [6.07, 6.45) is 1.54. The quantitative estimate of drug-likeness (QED) is 0.365. The molecule has 0 radical (unpaired) electrons. The third-order valence-corrected chi connectivity index (χ3v) is 5.48. The van der Waals surface area contributed by atoms with Crippen LogP contribution in [-0.2, 0) is 7.05 Å². The number of hydrogen-bond donors (Lipinski definition) is 0. The molecular formula is C24H18N2O3. The molecule has 5 heteroatoms.